The fourth-order valence-electron chi connectivity index (χ4n) is 5.71. The first-order valence-electron chi connectivity index (χ1n) is 13.3. The molecule has 3 heterocycles. The Morgan fingerprint density at radius 3 is 2.28 bits per heavy atom. The number of hydrogen-bond donors (Lipinski definition) is 3. The van der Waals surface area contributed by atoms with Gasteiger partial charge in [-0.3, -0.25) is 14.7 Å². The highest BCUT2D eigenvalue weighted by Crippen LogP contribution is 2.32. The first kappa shape index (κ1) is 26.6. The lowest BCUT2D eigenvalue weighted by atomic mass is 9.85. The van der Waals surface area contributed by atoms with Gasteiger partial charge in [0.15, 0.2) is 0 Å². The van der Waals surface area contributed by atoms with Crippen LogP contribution in [0.5, 0.6) is 0 Å². The average molecular weight is 503 g/mol. The molecule has 0 aromatic carbocycles. The quantitative estimate of drug-likeness (QED) is 0.519. The van der Waals surface area contributed by atoms with E-state index in [9.17, 15) is 14.4 Å². The average Bonchev–Trinajstić information content (AvgIpc) is 3.31. The van der Waals surface area contributed by atoms with Crippen molar-refractivity contribution in [1.29, 1.82) is 0 Å². The van der Waals surface area contributed by atoms with E-state index in [-0.39, 0.29) is 29.5 Å². The van der Waals surface area contributed by atoms with Crippen molar-refractivity contribution < 1.29 is 9.59 Å². The van der Waals surface area contributed by atoms with Crippen LogP contribution in [0.3, 0.4) is 0 Å². The summed E-state index contributed by atoms with van der Waals surface area (Å²) in [6, 6.07) is 1.52. The summed E-state index contributed by atoms with van der Waals surface area (Å²) in [5.41, 5.74) is 10.5. The molecular formula is C25H42N8O3. The highest BCUT2D eigenvalue weighted by atomic mass is 16.2. The zero-order chi connectivity index (χ0) is 25.9. The minimum atomic E-state index is -0.931. The number of aromatic nitrogens is 2. The van der Waals surface area contributed by atoms with Crippen molar-refractivity contribution in [3.8, 4) is 0 Å². The van der Waals surface area contributed by atoms with Gasteiger partial charge in [-0.25, -0.2) is 9.59 Å². The number of carbonyl (C=O) groups excluding carboxylic acids is 2. The van der Waals surface area contributed by atoms with Gasteiger partial charge in [-0.15, -0.1) is 0 Å². The number of likely N-dealkylation sites (tertiary alicyclic amines) is 1. The highest BCUT2D eigenvalue weighted by Gasteiger charge is 2.32. The zero-order valence-electron chi connectivity index (χ0n) is 21.7. The van der Waals surface area contributed by atoms with Crippen LogP contribution in [-0.4, -0.2) is 94.1 Å². The molecule has 1 atom stereocenters. The molecule has 0 bridgehead atoms. The number of nitrogens with zero attached hydrogens (tertiary/aromatic N) is 5. The molecule has 5 N–H and O–H groups in total. The van der Waals surface area contributed by atoms with E-state index in [0.717, 1.165) is 51.9 Å². The van der Waals surface area contributed by atoms with Crippen molar-refractivity contribution in [2.45, 2.75) is 57.5 Å². The van der Waals surface area contributed by atoms with E-state index in [2.05, 4.69) is 15.2 Å². The number of piperazine rings is 1. The van der Waals surface area contributed by atoms with Crippen molar-refractivity contribution in [3.63, 3.8) is 0 Å². The summed E-state index contributed by atoms with van der Waals surface area (Å²) in [6.45, 7) is 9.20. The lowest BCUT2D eigenvalue weighted by Gasteiger charge is -2.37. The molecule has 0 spiro atoms. The topological polar surface area (TPSA) is 143 Å². The van der Waals surface area contributed by atoms with Crippen LogP contribution in [0.25, 0.3) is 0 Å². The van der Waals surface area contributed by atoms with Crippen LogP contribution < -0.4 is 22.5 Å². The SMILES string of the molecule is CC(C)(N)C(=O)N1CCN(C(=O)Nc2ccn(C3CCC(CN4CC[C@H](CN)C4)CC3)c(=O)n2)CC1. The van der Waals surface area contributed by atoms with E-state index in [1.165, 1.54) is 6.42 Å². The van der Waals surface area contributed by atoms with Gasteiger partial charge >= 0.3 is 11.7 Å². The monoisotopic (exact) mass is 502 g/mol. The number of urea groups is 1. The molecule has 1 aromatic heterocycles. The van der Waals surface area contributed by atoms with E-state index in [0.29, 0.717) is 38.0 Å². The Labute approximate surface area is 213 Å². The summed E-state index contributed by atoms with van der Waals surface area (Å²) in [7, 11) is 0. The molecule has 36 heavy (non-hydrogen) atoms. The summed E-state index contributed by atoms with van der Waals surface area (Å²) in [6.07, 6.45) is 7.11. The lowest BCUT2D eigenvalue weighted by Crippen LogP contribution is -2.58. The van der Waals surface area contributed by atoms with Crippen LogP contribution in [0.4, 0.5) is 10.6 Å². The van der Waals surface area contributed by atoms with Gasteiger partial charge in [0.25, 0.3) is 0 Å². The Morgan fingerprint density at radius 2 is 1.69 bits per heavy atom. The minimum absolute atomic E-state index is 0.127. The molecular weight excluding hydrogens is 460 g/mol. The summed E-state index contributed by atoms with van der Waals surface area (Å²) in [5, 5.41) is 2.73. The van der Waals surface area contributed by atoms with Crippen molar-refractivity contribution in [2.75, 3.05) is 57.7 Å². The predicted octanol–water partition coefficient (Wildman–Crippen LogP) is 0.669. The largest absolute Gasteiger partial charge is 0.349 e. The number of amides is 3. The van der Waals surface area contributed by atoms with Crippen molar-refractivity contribution >= 4 is 17.8 Å². The zero-order valence-corrected chi connectivity index (χ0v) is 21.7. The number of anilines is 1. The molecule has 11 heteroatoms. The van der Waals surface area contributed by atoms with E-state index in [1.54, 1.807) is 40.5 Å². The van der Waals surface area contributed by atoms with Crippen LogP contribution in [0.2, 0.25) is 0 Å². The molecule has 1 aromatic rings. The Bertz CT molecular complexity index is 974. The number of hydrogen-bond acceptors (Lipinski definition) is 7. The summed E-state index contributed by atoms with van der Waals surface area (Å²) in [5.74, 6) is 1.44. The van der Waals surface area contributed by atoms with Gasteiger partial charge in [-0.2, -0.15) is 4.98 Å². The predicted molar refractivity (Wildman–Crippen MR) is 139 cm³/mol. The van der Waals surface area contributed by atoms with E-state index < -0.39 is 5.54 Å². The fourth-order valence-corrected chi connectivity index (χ4v) is 5.71. The number of nitrogens with one attached hydrogen (secondary N) is 1. The third-order valence-corrected chi connectivity index (χ3v) is 7.90. The van der Waals surface area contributed by atoms with Crippen LogP contribution >= 0.6 is 0 Å². The Morgan fingerprint density at radius 1 is 1.03 bits per heavy atom. The van der Waals surface area contributed by atoms with Gasteiger partial charge < -0.3 is 26.2 Å². The van der Waals surface area contributed by atoms with Gasteiger partial charge in [0, 0.05) is 51.5 Å². The van der Waals surface area contributed by atoms with Crippen molar-refractivity contribution in [2.24, 2.45) is 23.3 Å². The molecule has 4 rings (SSSR count). The molecule has 0 radical (unpaired) electrons. The maximum atomic E-state index is 12.7. The first-order valence-corrected chi connectivity index (χ1v) is 13.3. The first-order chi connectivity index (χ1) is 17.1. The molecule has 2 saturated heterocycles. The third-order valence-electron chi connectivity index (χ3n) is 7.90. The normalized spacial score (nSPS) is 25.7. The molecule has 1 saturated carbocycles. The molecule has 3 amide bonds. The molecule has 11 nitrogen and oxygen atoms in total. The molecule has 1 aliphatic carbocycles. The third kappa shape index (κ3) is 6.43. The minimum Gasteiger partial charge on any atom is -0.338 e. The molecule has 2 aliphatic heterocycles. The summed E-state index contributed by atoms with van der Waals surface area (Å²) >= 11 is 0. The molecule has 3 fully saturated rings. The maximum absolute atomic E-state index is 12.7. The molecule has 0 unspecified atom stereocenters. The second kappa shape index (κ2) is 11.3. The van der Waals surface area contributed by atoms with Crippen molar-refractivity contribution in [3.05, 3.63) is 22.7 Å². The smallest absolute Gasteiger partial charge is 0.338 e. The number of carbonyl (C=O) groups is 2. The summed E-state index contributed by atoms with van der Waals surface area (Å²) in [4.78, 5) is 47.7. The standard InChI is InChI=1S/C25H42N8O3/c1-25(2,27)22(34)31-11-13-32(14-12-31)23(35)28-21-8-10-33(24(36)29-21)20-5-3-18(4-6-20)16-30-9-7-19(15-26)17-30/h8,10,18-20H,3-7,9,11-17,26-27H2,1-2H3,(H,28,29,35,36)/t18?,19-,20?/m1/s1. The van der Waals surface area contributed by atoms with Gasteiger partial charge in [0.1, 0.15) is 5.82 Å². The van der Waals surface area contributed by atoms with Crippen LogP contribution in [-0.2, 0) is 4.79 Å². The molecule has 200 valence electrons. The van der Waals surface area contributed by atoms with Gasteiger partial charge in [0.05, 0.1) is 5.54 Å². The fraction of sp³-hybridized carbons (Fsp3) is 0.760. The number of rotatable bonds is 6. The van der Waals surface area contributed by atoms with E-state index in [4.69, 9.17) is 11.5 Å². The second-order valence-corrected chi connectivity index (χ2v) is 11.3. The Kier molecular flexibility index (Phi) is 8.31. The number of nitrogens with two attached hydrogens (primary N) is 2. The lowest BCUT2D eigenvalue weighted by molar-refractivity contribution is -0.137. The van der Waals surface area contributed by atoms with Crippen molar-refractivity contribution in [1.82, 2.24) is 24.3 Å². The van der Waals surface area contributed by atoms with Gasteiger partial charge in [-0.05, 0) is 76.9 Å². The maximum Gasteiger partial charge on any atom is 0.349 e. The highest BCUT2D eigenvalue weighted by molar-refractivity contribution is 5.89. The van der Waals surface area contributed by atoms with Crippen LogP contribution in [0, 0.1) is 11.8 Å². The summed E-state index contributed by atoms with van der Waals surface area (Å²) < 4.78 is 1.71. The van der Waals surface area contributed by atoms with Gasteiger partial charge in [0.2, 0.25) is 5.91 Å². The van der Waals surface area contributed by atoms with Crippen LogP contribution in [0.1, 0.15) is 52.0 Å². The second-order valence-electron chi connectivity index (χ2n) is 11.3. The van der Waals surface area contributed by atoms with E-state index >= 15 is 0 Å². The van der Waals surface area contributed by atoms with Crippen LogP contribution in [0.15, 0.2) is 17.1 Å². The Balaban J connectivity index is 1.24. The Hall–Kier alpha value is -2.50. The van der Waals surface area contributed by atoms with E-state index in [1.807, 2.05) is 0 Å². The van der Waals surface area contributed by atoms with Gasteiger partial charge in [-0.1, -0.05) is 0 Å². The molecule has 3 aliphatic rings.